The molecule has 1 aromatic rings. The predicted octanol–water partition coefficient (Wildman–Crippen LogP) is 2.88. The number of aromatic nitrogens is 1. The fraction of sp³-hybridized carbons (Fsp3) is 0. The zero-order valence-corrected chi connectivity index (χ0v) is 10.00. The van der Waals surface area contributed by atoms with Gasteiger partial charge in [0.05, 0.1) is 22.9 Å². The Hall–Kier alpha value is -1.39. The maximum Gasteiger partial charge on any atom is 0.143 e. The zero-order valence-electron chi connectivity index (χ0n) is 7.84. The summed E-state index contributed by atoms with van der Waals surface area (Å²) in [5.41, 5.74) is 2.96. The second kappa shape index (κ2) is 4.91. The summed E-state index contributed by atoms with van der Waals surface area (Å²) in [6, 6.07) is 5.77. The minimum Gasteiger partial charge on any atom is -0.250 e. The highest BCUT2D eigenvalue weighted by Crippen LogP contribution is 2.21. The van der Waals surface area contributed by atoms with Gasteiger partial charge in [0.25, 0.3) is 0 Å². The molecule has 4 heteroatoms. The second-order valence-electron chi connectivity index (χ2n) is 2.77. The van der Waals surface area contributed by atoms with Crippen molar-refractivity contribution >= 4 is 34.9 Å². The smallest absolute Gasteiger partial charge is 0.143 e. The topological polar surface area (TPSA) is 28.5 Å². The molecule has 0 bridgehead atoms. The van der Waals surface area contributed by atoms with E-state index >= 15 is 0 Å². The fourth-order valence-electron chi connectivity index (χ4n) is 1.08. The van der Waals surface area contributed by atoms with E-state index in [-0.39, 0.29) is 0 Å². The third-order valence-corrected chi connectivity index (χ3v) is 2.75. The van der Waals surface area contributed by atoms with E-state index in [0.29, 0.717) is 0 Å². The molecule has 0 aliphatic carbocycles. The van der Waals surface area contributed by atoms with E-state index in [0.717, 1.165) is 11.6 Å². The van der Waals surface area contributed by atoms with Crippen LogP contribution in [0.15, 0.2) is 59.2 Å². The number of allylic oxidation sites excluding steroid dienone is 2. The van der Waals surface area contributed by atoms with Gasteiger partial charge in [0.2, 0.25) is 0 Å². The van der Waals surface area contributed by atoms with E-state index in [2.05, 4.69) is 38.6 Å². The van der Waals surface area contributed by atoms with Crippen molar-refractivity contribution in [3.05, 3.63) is 54.2 Å². The third-order valence-electron chi connectivity index (χ3n) is 1.76. The maximum absolute atomic E-state index is 4.26. The van der Waals surface area contributed by atoms with Gasteiger partial charge in [0, 0.05) is 12.4 Å². The van der Waals surface area contributed by atoms with E-state index in [4.69, 9.17) is 0 Å². The van der Waals surface area contributed by atoms with Gasteiger partial charge in [0.15, 0.2) is 0 Å². The van der Waals surface area contributed by atoms with Crippen LogP contribution in [-0.2, 0) is 0 Å². The number of nitrogens with zero attached hydrogens (tertiary/aromatic N) is 3. The Labute approximate surface area is 102 Å². The number of aliphatic imine (C=N–C) groups is 1. The molecule has 1 aliphatic rings. The molecule has 0 saturated carbocycles. The SMILES string of the molecule is IN(C1=CC=C=CC=N1)c1ccccn1. The molecular weight excluding hydrogens is 301 g/mol. The highest BCUT2D eigenvalue weighted by molar-refractivity contribution is 14.1. The zero-order chi connectivity index (χ0) is 10.5. The first-order valence-electron chi connectivity index (χ1n) is 4.40. The molecule has 74 valence electrons. The number of pyridine rings is 1. The van der Waals surface area contributed by atoms with Gasteiger partial charge in [-0.3, -0.25) is 0 Å². The van der Waals surface area contributed by atoms with E-state index < -0.39 is 0 Å². The first-order valence-corrected chi connectivity index (χ1v) is 5.37. The minimum atomic E-state index is 0.829. The largest absolute Gasteiger partial charge is 0.250 e. The Morgan fingerprint density at radius 3 is 3.00 bits per heavy atom. The average Bonchev–Trinajstić information content (AvgIpc) is 2.58. The van der Waals surface area contributed by atoms with E-state index in [1.807, 2.05) is 33.5 Å². The predicted molar refractivity (Wildman–Crippen MR) is 70.0 cm³/mol. The van der Waals surface area contributed by atoms with Crippen LogP contribution in [0.2, 0.25) is 0 Å². The Morgan fingerprint density at radius 1 is 1.27 bits per heavy atom. The normalized spacial score (nSPS) is 13.5. The van der Waals surface area contributed by atoms with Crippen LogP contribution in [0.5, 0.6) is 0 Å². The van der Waals surface area contributed by atoms with Gasteiger partial charge in [0.1, 0.15) is 11.6 Å². The Bertz CT molecular complexity index is 456. The summed E-state index contributed by atoms with van der Waals surface area (Å²) in [6.45, 7) is 0. The van der Waals surface area contributed by atoms with E-state index in [1.165, 1.54) is 0 Å². The van der Waals surface area contributed by atoms with Gasteiger partial charge in [-0.1, -0.05) is 6.07 Å². The molecule has 0 saturated heterocycles. The van der Waals surface area contributed by atoms with Crippen LogP contribution in [0.25, 0.3) is 0 Å². The molecular formula is C11H8IN3. The van der Waals surface area contributed by atoms with Crippen LogP contribution in [0, 0.1) is 0 Å². The molecule has 0 N–H and O–H groups in total. The fourth-order valence-corrected chi connectivity index (χ4v) is 1.65. The summed E-state index contributed by atoms with van der Waals surface area (Å²) in [4.78, 5) is 8.51. The number of halogens is 1. The van der Waals surface area contributed by atoms with Crippen molar-refractivity contribution in [1.82, 2.24) is 4.98 Å². The summed E-state index contributed by atoms with van der Waals surface area (Å²) < 4.78 is 1.89. The van der Waals surface area contributed by atoms with Crippen LogP contribution in [0.1, 0.15) is 0 Å². The summed E-state index contributed by atoms with van der Waals surface area (Å²) in [5, 5.41) is 0. The molecule has 2 heterocycles. The Morgan fingerprint density at radius 2 is 2.20 bits per heavy atom. The van der Waals surface area contributed by atoms with Crippen LogP contribution in [0.3, 0.4) is 0 Å². The van der Waals surface area contributed by atoms with Crippen molar-refractivity contribution in [2.45, 2.75) is 0 Å². The molecule has 0 aromatic carbocycles. The van der Waals surface area contributed by atoms with Crippen molar-refractivity contribution in [3.63, 3.8) is 0 Å². The van der Waals surface area contributed by atoms with Crippen molar-refractivity contribution in [3.8, 4) is 0 Å². The van der Waals surface area contributed by atoms with Crippen molar-refractivity contribution < 1.29 is 0 Å². The molecule has 1 aliphatic heterocycles. The quantitative estimate of drug-likeness (QED) is 0.477. The van der Waals surface area contributed by atoms with E-state index in [9.17, 15) is 0 Å². The summed E-state index contributed by atoms with van der Waals surface area (Å²) in [5.74, 6) is 1.69. The highest BCUT2D eigenvalue weighted by atomic mass is 127. The Kier molecular flexibility index (Phi) is 3.32. The lowest BCUT2D eigenvalue weighted by molar-refractivity contribution is 1.18. The lowest BCUT2D eigenvalue weighted by Gasteiger charge is -2.14. The van der Waals surface area contributed by atoms with Crippen LogP contribution >= 0.6 is 22.9 Å². The van der Waals surface area contributed by atoms with Gasteiger partial charge in [-0.05, 0) is 30.4 Å². The van der Waals surface area contributed by atoms with Crippen LogP contribution in [-0.4, -0.2) is 11.2 Å². The number of anilines is 1. The first-order chi connectivity index (χ1) is 7.38. The van der Waals surface area contributed by atoms with Gasteiger partial charge >= 0.3 is 0 Å². The second-order valence-corrected chi connectivity index (χ2v) is 3.74. The lowest BCUT2D eigenvalue weighted by atomic mass is 10.4. The van der Waals surface area contributed by atoms with Crippen LogP contribution in [0.4, 0.5) is 5.82 Å². The molecule has 0 atom stereocenters. The third kappa shape index (κ3) is 2.55. The van der Waals surface area contributed by atoms with Gasteiger partial charge in [-0.15, -0.1) is 5.73 Å². The number of rotatable bonds is 2. The summed E-state index contributed by atoms with van der Waals surface area (Å²) in [6.07, 6.45) is 8.96. The minimum absolute atomic E-state index is 0.829. The molecule has 0 unspecified atom stereocenters. The van der Waals surface area contributed by atoms with Crippen molar-refractivity contribution in [2.24, 2.45) is 4.99 Å². The van der Waals surface area contributed by atoms with Gasteiger partial charge in [-0.2, -0.15) is 0 Å². The van der Waals surface area contributed by atoms with Gasteiger partial charge < -0.3 is 0 Å². The molecule has 0 spiro atoms. The highest BCUT2D eigenvalue weighted by Gasteiger charge is 2.07. The monoisotopic (exact) mass is 309 g/mol. The number of hydrogen-bond acceptors (Lipinski definition) is 3. The molecule has 1 aromatic heterocycles. The van der Waals surface area contributed by atoms with E-state index in [1.54, 1.807) is 18.5 Å². The summed E-state index contributed by atoms with van der Waals surface area (Å²) in [7, 11) is 0. The van der Waals surface area contributed by atoms with Crippen molar-refractivity contribution in [2.75, 3.05) is 3.11 Å². The molecule has 0 radical (unpaired) electrons. The standard InChI is InChI=1S/C11H8IN3/c12-15(11-7-3-5-9-14-11)10-6-2-1-4-8-13-10/h2-9H. The van der Waals surface area contributed by atoms with Crippen LogP contribution < -0.4 is 3.11 Å². The molecule has 0 amide bonds. The maximum atomic E-state index is 4.26. The first kappa shape index (κ1) is 10.1. The number of hydrogen-bond donors (Lipinski definition) is 0. The molecule has 0 fully saturated rings. The Balaban J connectivity index is 2.26. The molecule has 3 nitrogen and oxygen atoms in total. The summed E-state index contributed by atoms with van der Waals surface area (Å²) >= 11 is 2.17. The lowest BCUT2D eigenvalue weighted by Crippen LogP contribution is -2.08. The average molecular weight is 309 g/mol. The van der Waals surface area contributed by atoms with Crippen molar-refractivity contribution in [1.29, 1.82) is 0 Å². The molecule has 15 heavy (non-hydrogen) atoms. The van der Waals surface area contributed by atoms with Gasteiger partial charge in [-0.25, -0.2) is 13.1 Å². The molecule has 2 rings (SSSR count).